The van der Waals surface area contributed by atoms with Crippen molar-refractivity contribution in [2.24, 2.45) is 9.98 Å². The second kappa shape index (κ2) is 16.8. The molecule has 4 nitrogen and oxygen atoms in total. The van der Waals surface area contributed by atoms with Crippen LogP contribution in [0.2, 0.25) is 10.0 Å². The molecule has 0 spiro atoms. The number of hydrogen-bond donors (Lipinski definition) is 0. The molecule has 0 amide bonds. The summed E-state index contributed by atoms with van der Waals surface area (Å²) in [6.07, 6.45) is 1.74. The summed E-state index contributed by atoms with van der Waals surface area (Å²) in [5, 5.41) is 24.5. The average Bonchev–Trinajstić information content (AvgIpc) is 2.93. The van der Waals surface area contributed by atoms with E-state index in [-0.39, 0.29) is 28.6 Å². The maximum Gasteiger partial charge on any atom is 2.00 e. The molecule has 0 N–H and O–H groups in total. The molecule has 0 bridgehead atoms. The largest absolute Gasteiger partial charge is 2.00 e. The van der Waals surface area contributed by atoms with Crippen LogP contribution in [0.15, 0.2) is 107 Å². The zero-order valence-corrected chi connectivity index (χ0v) is 24.3. The Labute approximate surface area is 251 Å². The van der Waals surface area contributed by atoms with Crippen molar-refractivity contribution in [2.75, 3.05) is 13.1 Å². The summed E-state index contributed by atoms with van der Waals surface area (Å²) in [5.74, 6) is -0.0734. The van der Waals surface area contributed by atoms with Gasteiger partial charge in [-0.3, -0.25) is 9.98 Å². The van der Waals surface area contributed by atoms with Gasteiger partial charge >= 0.3 is 17.1 Å². The Balaban J connectivity index is 0.000000267. The Bertz CT molecular complexity index is 1270. The molecule has 4 aromatic rings. The van der Waals surface area contributed by atoms with Gasteiger partial charge in [0, 0.05) is 34.6 Å². The molecule has 39 heavy (non-hydrogen) atoms. The van der Waals surface area contributed by atoms with Crippen molar-refractivity contribution >= 4 is 34.6 Å². The fourth-order valence-corrected chi connectivity index (χ4v) is 4.08. The number of hydrogen-bond acceptors (Lipinski definition) is 4. The maximum atomic E-state index is 11.7. The summed E-state index contributed by atoms with van der Waals surface area (Å²) >= 11 is 11.8. The van der Waals surface area contributed by atoms with Gasteiger partial charge < -0.3 is 10.2 Å². The first-order chi connectivity index (χ1) is 18.3. The smallest absolute Gasteiger partial charge is 0.872 e. The predicted octanol–water partition coefficient (Wildman–Crippen LogP) is 6.93. The number of rotatable bonds is 8. The van der Waals surface area contributed by atoms with E-state index in [0.29, 0.717) is 34.3 Å². The van der Waals surface area contributed by atoms with E-state index in [1.165, 1.54) is 23.3 Å². The van der Waals surface area contributed by atoms with E-state index in [9.17, 15) is 10.2 Å². The molecule has 205 valence electrons. The van der Waals surface area contributed by atoms with Crippen molar-refractivity contribution in [3.05, 3.63) is 129 Å². The zero-order valence-electron chi connectivity index (χ0n) is 21.8. The third kappa shape index (κ3) is 10.9. The third-order valence-corrected chi connectivity index (χ3v) is 6.32. The molecule has 0 aliphatic heterocycles. The molecular formula is C32H30Cl2CuN2O2. The van der Waals surface area contributed by atoms with Crippen LogP contribution in [-0.2, 0) is 29.9 Å². The Hall–Kier alpha value is -3.08. The SMILES string of the molecule is CC(=NCCc1ccccc1)c1cc(Cl)ccc1[O-].CC(=NCCc1ccccc1)c1cc(Cl)ccc1[O-].[Cu+2]. The van der Waals surface area contributed by atoms with Gasteiger partial charge in [-0.1, -0.05) is 107 Å². The Morgan fingerprint density at radius 3 is 1.31 bits per heavy atom. The van der Waals surface area contributed by atoms with Gasteiger partial charge in [0.1, 0.15) is 0 Å². The minimum atomic E-state index is -0.0367. The van der Waals surface area contributed by atoms with E-state index in [2.05, 4.69) is 34.3 Å². The minimum Gasteiger partial charge on any atom is -0.872 e. The fourth-order valence-electron chi connectivity index (χ4n) is 3.74. The van der Waals surface area contributed by atoms with Crippen LogP contribution in [0.3, 0.4) is 0 Å². The normalized spacial score (nSPS) is 11.3. The van der Waals surface area contributed by atoms with Crippen molar-refractivity contribution in [2.45, 2.75) is 26.7 Å². The van der Waals surface area contributed by atoms with E-state index in [1.54, 1.807) is 24.3 Å². The Morgan fingerprint density at radius 2 is 0.949 bits per heavy atom. The van der Waals surface area contributed by atoms with Gasteiger partial charge in [0.25, 0.3) is 0 Å². The van der Waals surface area contributed by atoms with Crippen molar-refractivity contribution < 1.29 is 27.3 Å². The van der Waals surface area contributed by atoms with Gasteiger partial charge in [-0.25, -0.2) is 0 Å². The predicted molar refractivity (Wildman–Crippen MR) is 156 cm³/mol. The van der Waals surface area contributed by atoms with Crippen molar-refractivity contribution in [1.82, 2.24) is 0 Å². The molecular weight excluding hydrogens is 579 g/mol. The van der Waals surface area contributed by atoms with Crippen LogP contribution in [0.5, 0.6) is 11.5 Å². The molecule has 1 radical (unpaired) electrons. The van der Waals surface area contributed by atoms with Gasteiger partial charge in [-0.2, -0.15) is 0 Å². The second-order valence-electron chi connectivity index (χ2n) is 8.69. The molecule has 0 fully saturated rings. The van der Waals surface area contributed by atoms with Gasteiger partial charge in [-0.05, 0) is 73.2 Å². The molecule has 0 saturated heterocycles. The maximum absolute atomic E-state index is 11.7. The van der Waals surface area contributed by atoms with E-state index in [4.69, 9.17) is 23.2 Å². The van der Waals surface area contributed by atoms with Gasteiger partial charge in [0.05, 0.1) is 0 Å². The van der Waals surface area contributed by atoms with Crippen molar-refractivity contribution in [1.29, 1.82) is 0 Å². The topological polar surface area (TPSA) is 70.8 Å². The Kier molecular flexibility index (Phi) is 13.8. The van der Waals surface area contributed by atoms with Crippen LogP contribution in [0, 0.1) is 0 Å². The third-order valence-electron chi connectivity index (χ3n) is 5.85. The zero-order chi connectivity index (χ0) is 27.3. The molecule has 0 saturated carbocycles. The van der Waals surface area contributed by atoms with Crippen LogP contribution in [0.25, 0.3) is 0 Å². The molecule has 0 atom stereocenters. The molecule has 4 aromatic carbocycles. The molecule has 0 aliphatic rings. The van der Waals surface area contributed by atoms with Crippen LogP contribution < -0.4 is 10.2 Å². The molecule has 0 aromatic heterocycles. The summed E-state index contributed by atoms with van der Waals surface area (Å²) in [4.78, 5) is 8.90. The fraction of sp³-hybridized carbons (Fsp3) is 0.188. The number of benzene rings is 4. The second-order valence-corrected chi connectivity index (χ2v) is 9.56. The van der Waals surface area contributed by atoms with E-state index >= 15 is 0 Å². The quantitative estimate of drug-likeness (QED) is 0.161. The van der Waals surface area contributed by atoms with Crippen LogP contribution in [0.1, 0.15) is 36.1 Å². The first-order valence-electron chi connectivity index (χ1n) is 12.4. The summed E-state index contributed by atoms with van der Waals surface area (Å²) in [7, 11) is 0. The summed E-state index contributed by atoms with van der Waals surface area (Å²) < 4.78 is 0. The number of nitrogens with zero attached hydrogens (tertiary/aromatic N) is 2. The van der Waals surface area contributed by atoms with Crippen LogP contribution in [-0.4, -0.2) is 24.5 Å². The van der Waals surface area contributed by atoms with Gasteiger partial charge in [0.2, 0.25) is 0 Å². The molecule has 4 rings (SSSR count). The molecule has 0 unspecified atom stereocenters. The van der Waals surface area contributed by atoms with Crippen LogP contribution in [0.4, 0.5) is 0 Å². The first kappa shape index (κ1) is 32.1. The summed E-state index contributed by atoms with van der Waals surface area (Å²) in [6, 6.07) is 29.8. The van der Waals surface area contributed by atoms with Crippen molar-refractivity contribution in [3.63, 3.8) is 0 Å². The van der Waals surface area contributed by atoms with E-state index < -0.39 is 0 Å². The molecule has 0 aliphatic carbocycles. The monoisotopic (exact) mass is 607 g/mol. The standard InChI is InChI=1S/2C16H16ClNO.Cu/c2*1-12(15-11-14(17)7-8-16(15)19)18-10-9-13-5-3-2-4-6-13;/h2*2-8,11,19H,9-10H2,1H3;/q;;+2/p-2. The summed E-state index contributed by atoms with van der Waals surface area (Å²) in [6.45, 7) is 5.03. The summed E-state index contributed by atoms with van der Waals surface area (Å²) in [5.41, 5.74) is 5.13. The first-order valence-corrected chi connectivity index (χ1v) is 13.1. The Morgan fingerprint density at radius 1 is 0.590 bits per heavy atom. The van der Waals surface area contributed by atoms with Gasteiger partial charge in [-0.15, -0.1) is 0 Å². The van der Waals surface area contributed by atoms with E-state index in [0.717, 1.165) is 24.3 Å². The number of aliphatic imine (C=N–C) groups is 2. The van der Waals surface area contributed by atoms with Crippen LogP contribution >= 0.6 is 23.2 Å². The molecule has 7 heteroatoms. The average molecular weight is 609 g/mol. The minimum absolute atomic E-state index is 0. The van der Waals surface area contributed by atoms with E-state index in [1.807, 2.05) is 50.2 Å². The van der Waals surface area contributed by atoms with Gasteiger partial charge in [0.15, 0.2) is 0 Å². The van der Waals surface area contributed by atoms with Crippen molar-refractivity contribution in [3.8, 4) is 11.5 Å². The molecule has 0 heterocycles. The number of halogens is 2.